The lowest BCUT2D eigenvalue weighted by atomic mass is 9.93. The first-order chi connectivity index (χ1) is 6.11. The molecule has 4 heteroatoms. The van der Waals surface area contributed by atoms with Gasteiger partial charge in [-0.2, -0.15) is 0 Å². The summed E-state index contributed by atoms with van der Waals surface area (Å²) in [5.41, 5.74) is 5.34. The number of nitrogens with two attached hydrogens (primary N) is 1. The zero-order chi connectivity index (χ0) is 9.90. The molecule has 3 N–H and O–H groups in total. The molecule has 2 unspecified atom stereocenters. The zero-order valence-electron chi connectivity index (χ0n) is 7.45. The molecule has 70 valence electrons. The fourth-order valence-corrected chi connectivity index (χ4v) is 1.38. The minimum atomic E-state index is -0.814. The molecular formula is C9H13N2OP. The van der Waals surface area contributed by atoms with Crippen LogP contribution < -0.4 is 10.8 Å². The van der Waals surface area contributed by atoms with E-state index in [4.69, 9.17) is 5.73 Å². The van der Waals surface area contributed by atoms with Gasteiger partial charge in [0.05, 0.1) is 0 Å². The molecule has 0 spiro atoms. The van der Waals surface area contributed by atoms with Crippen LogP contribution in [0.4, 0.5) is 0 Å². The van der Waals surface area contributed by atoms with E-state index in [1.54, 1.807) is 6.92 Å². The monoisotopic (exact) mass is 196 g/mol. The number of hydrogen-bond acceptors (Lipinski definition) is 2. The van der Waals surface area contributed by atoms with Gasteiger partial charge in [0.25, 0.3) is 0 Å². The molecule has 3 nitrogen and oxygen atoms in total. The summed E-state index contributed by atoms with van der Waals surface area (Å²) in [7, 11) is 2.31. The molecule has 0 heterocycles. The van der Waals surface area contributed by atoms with Crippen molar-refractivity contribution in [3.63, 3.8) is 0 Å². The highest BCUT2D eigenvalue weighted by Gasteiger charge is 2.30. The van der Waals surface area contributed by atoms with Gasteiger partial charge in [0.15, 0.2) is 0 Å². The van der Waals surface area contributed by atoms with Gasteiger partial charge in [-0.05, 0) is 12.5 Å². The van der Waals surface area contributed by atoms with E-state index in [2.05, 4.69) is 14.5 Å². The Kier molecular flexibility index (Phi) is 3.02. The van der Waals surface area contributed by atoms with Crippen LogP contribution in [0.2, 0.25) is 0 Å². The Bertz CT molecular complexity index is 302. The predicted octanol–water partition coefficient (Wildman–Crippen LogP) is 0.767. The van der Waals surface area contributed by atoms with E-state index in [9.17, 15) is 4.79 Å². The predicted molar refractivity (Wildman–Crippen MR) is 55.8 cm³/mol. The molecular weight excluding hydrogens is 183 g/mol. The van der Waals surface area contributed by atoms with Crippen LogP contribution in [-0.2, 0) is 10.3 Å². The van der Waals surface area contributed by atoms with E-state index in [1.807, 2.05) is 30.3 Å². The molecule has 0 aromatic heterocycles. The second-order valence-corrected chi connectivity index (χ2v) is 3.29. The van der Waals surface area contributed by atoms with Crippen LogP contribution in [0.5, 0.6) is 0 Å². The second kappa shape index (κ2) is 3.86. The van der Waals surface area contributed by atoms with Crippen molar-refractivity contribution in [2.24, 2.45) is 5.73 Å². The van der Waals surface area contributed by atoms with Crippen LogP contribution >= 0.6 is 9.39 Å². The molecule has 0 fully saturated rings. The van der Waals surface area contributed by atoms with Crippen LogP contribution in [0.1, 0.15) is 12.5 Å². The molecule has 0 saturated carbocycles. The van der Waals surface area contributed by atoms with Crippen LogP contribution in [0.3, 0.4) is 0 Å². The molecule has 2 atom stereocenters. The van der Waals surface area contributed by atoms with Gasteiger partial charge >= 0.3 is 0 Å². The highest BCUT2D eigenvalue weighted by atomic mass is 31.0. The minimum absolute atomic E-state index is 0.395. The quantitative estimate of drug-likeness (QED) is 0.701. The van der Waals surface area contributed by atoms with Gasteiger partial charge in [-0.1, -0.05) is 39.7 Å². The molecule has 13 heavy (non-hydrogen) atoms. The van der Waals surface area contributed by atoms with E-state index >= 15 is 0 Å². The van der Waals surface area contributed by atoms with E-state index < -0.39 is 11.4 Å². The first kappa shape index (κ1) is 10.2. The lowest BCUT2D eigenvalue weighted by Crippen LogP contribution is -2.46. The van der Waals surface area contributed by atoms with Crippen LogP contribution in [0.15, 0.2) is 30.3 Å². The number of rotatable bonds is 3. The Morgan fingerprint density at radius 2 is 2.00 bits per heavy atom. The van der Waals surface area contributed by atoms with Crippen LogP contribution in [0, 0.1) is 0 Å². The van der Waals surface area contributed by atoms with Crippen molar-refractivity contribution in [3.05, 3.63) is 35.9 Å². The number of nitrogens with one attached hydrogen (secondary N) is 1. The third-order valence-electron chi connectivity index (χ3n) is 2.13. The highest BCUT2D eigenvalue weighted by molar-refractivity contribution is 7.13. The third kappa shape index (κ3) is 1.87. The van der Waals surface area contributed by atoms with Crippen LogP contribution in [-0.4, -0.2) is 5.91 Å². The number of carbonyl (C=O) groups excluding carboxylic acids is 1. The summed E-state index contributed by atoms with van der Waals surface area (Å²) in [6.45, 7) is 1.75. The maximum Gasteiger partial charge on any atom is 0.242 e. The van der Waals surface area contributed by atoms with Gasteiger partial charge in [0, 0.05) is 0 Å². The first-order valence-electron chi connectivity index (χ1n) is 3.94. The number of hydrogen-bond donors (Lipinski definition) is 2. The lowest BCUT2D eigenvalue weighted by molar-refractivity contribution is -0.123. The molecule has 0 aliphatic heterocycles. The smallest absolute Gasteiger partial charge is 0.242 e. The van der Waals surface area contributed by atoms with E-state index in [0.717, 1.165) is 5.56 Å². The molecule has 1 aromatic carbocycles. The molecule has 0 bridgehead atoms. The largest absolute Gasteiger partial charge is 0.368 e. The summed E-state index contributed by atoms with van der Waals surface area (Å²) in [6.07, 6.45) is 0. The van der Waals surface area contributed by atoms with Crippen molar-refractivity contribution in [1.82, 2.24) is 5.09 Å². The Hall–Kier alpha value is -0.920. The van der Waals surface area contributed by atoms with E-state index in [0.29, 0.717) is 0 Å². The van der Waals surface area contributed by atoms with E-state index in [1.165, 1.54) is 0 Å². The van der Waals surface area contributed by atoms with Crippen molar-refractivity contribution in [2.75, 3.05) is 0 Å². The van der Waals surface area contributed by atoms with Gasteiger partial charge in [-0.25, -0.2) is 0 Å². The number of primary amides is 1. The summed E-state index contributed by atoms with van der Waals surface area (Å²) in [5, 5.41) is 2.84. The summed E-state index contributed by atoms with van der Waals surface area (Å²) < 4.78 is 0. The minimum Gasteiger partial charge on any atom is -0.368 e. The summed E-state index contributed by atoms with van der Waals surface area (Å²) >= 11 is 0. The third-order valence-corrected chi connectivity index (χ3v) is 2.71. The summed E-state index contributed by atoms with van der Waals surface area (Å²) in [4.78, 5) is 11.2. The Morgan fingerprint density at radius 1 is 1.46 bits per heavy atom. The molecule has 0 aliphatic carbocycles. The van der Waals surface area contributed by atoms with Crippen molar-refractivity contribution in [1.29, 1.82) is 0 Å². The average molecular weight is 196 g/mol. The molecule has 1 rings (SSSR count). The van der Waals surface area contributed by atoms with Crippen molar-refractivity contribution in [2.45, 2.75) is 12.5 Å². The fourth-order valence-electron chi connectivity index (χ4n) is 1.07. The number of carbonyl (C=O) groups is 1. The van der Waals surface area contributed by atoms with Gasteiger partial charge in [-0.3, -0.25) is 9.88 Å². The van der Waals surface area contributed by atoms with Crippen molar-refractivity contribution >= 4 is 15.3 Å². The Labute approximate surface area is 80.0 Å². The topological polar surface area (TPSA) is 55.1 Å². The first-order valence-corrected chi connectivity index (χ1v) is 4.52. The van der Waals surface area contributed by atoms with Crippen LogP contribution in [0.25, 0.3) is 0 Å². The fraction of sp³-hybridized carbons (Fsp3) is 0.222. The molecule has 0 saturated heterocycles. The lowest BCUT2D eigenvalue weighted by Gasteiger charge is -2.25. The van der Waals surface area contributed by atoms with Crippen molar-refractivity contribution in [3.8, 4) is 0 Å². The van der Waals surface area contributed by atoms with Gasteiger partial charge in [-0.15, -0.1) is 0 Å². The number of benzene rings is 1. The highest BCUT2D eigenvalue weighted by Crippen LogP contribution is 2.20. The van der Waals surface area contributed by atoms with Gasteiger partial charge in [0.1, 0.15) is 5.54 Å². The average Bonchev–Trinajstić information content (AvgIpc) is 2.17. The van der Waals surface area contributed by atoms with E-state index in [-0.39, 0.29) is 0 Å². The molecule has 1 aromatic rings. The van der Waals surface area contributed by atoms with Gasteiger partial charge < -0.3 is 5.73 Å². The molecule has 0 aliphatic rings. The van der Waals surface area contributed by atoms with Crippen molar-refractivity contribution < 1.29 is 4.79 Å². The SMILES string of the molecule is CC(NP)(C(N)=O)c1ccccc1. The zero-order valence-corrected chi connectivity index (χ0v) is 8.60. The summed E-state index contributed by atoms with van der Waals surface area (Å²) in [5.74, 6) is -0.395. The Balaban J connectivity index is 3.11. The molecule has 1 amide bonds. The standard InChI is InChI=1S/C9H13N2OP/c1-9(11-13,8(10)12)7-5-3-2-4-6-7/h2-6,11H,13H2,1H3,(H2,10,12). The summed E-state index contributed by atoms with van der Waals surface area (Å²) in [6, 6.07) is 9.37. The normalized spacial score (nSPS) is 14.9. The maximum atomic E-state index is 11.2. The second-order valence-electron chi connectivity index (χ2n) is 3.00. The Morgan fingerprint density at radius 3 is 2.38 bits per heavy atom. The number of amides is 1. The maximum absolute atomic E-state index is 11.2. The molecule has 0 radical (unpaired) electrons. The van der Waals surface area contributed by atoms with Gasteiger partial charge in [0.2, 0.25) is 5.91 Å².